The second kappa shape index (κ2) is 3.21. The Kier molecular flexibility index (Phi) is 2.15. The molecule has 14 heavy (non-hydrogen) atoms. The molecule has 0 saturated heterocycles. The number of benzene rings is 1. The van der Waals surface area contributed by atoms with Gasteiger partial charge in [0.15, 0.2) is 0 Å². The Labute approximate surface area is 85.1 Å². The number of ether oxygens (including phenoxy) is 1. The van der Waals surface area contributed by atoms with Crippen molar-refractivity contribution in [1.82, 2.24) is 0 Å². The Morgan fingerprint density at radius 3 is 2.93 bits per heavy atom. The first-order valence-electron chi connectivity index (χ1n) is 4.61. The van der Waals surface area contributed by atoms with Crippen molar-refractivity contribution in [2.45, 2.75) is 6.54 Å². The molecule has 0 amide bonds. The second-order valence-electron chi connectivity index (χ2n) is 4.13. The molecule has 2 radical (unpaired) electrons. The van der Waals surface area contributed by atoms with Gasteiger partial charge in [-0.2, -0.15) is 0 Å². The van der Waals surface area contributed by atoms with E-state index in [1.807, 2.05) is 25.8 Å². The Balaban J connectivity index is 2.34. The van der Waals surface area contributed by atoms with Crippen LogP contribution in [0.2, 0.25) is 0 Å². The molecule has 1 aromatic rings. The number of methoxy groups -OCH3 is 1. The third-order valence-electron chi connectivity index (χ3n) is 2.31. The summed E-state index contributed by atoms with van der Waals surface area (Å²) in [6.45, 7) is 0.937. The monoisotopic (exact) mass is 191 g/mol. The first-order valence-corrected chi connectivity index (χ1v) is 4.61. The number of rotatable bonds is 1. The van der Waals surface area contributed by atoms with Crippen molar-refractivity contribution in [3.05, 3.63) is 23.8 Å². The molecule has 0 N–H and O–H groups in total. The predicted molar refractivity (Wildman–Crippen MR) is 55.2 cm³/mol. The van der Waals surface area contributed by atoms with Crippen LogP contribution in [0.15, 0.2) is 18.2 Å². The highest BCUT2D eigenvalue weighted by Crippen LogP contribution is 2.29. The van der Waals surface area contributed by atoms with Gasteiger partial charge in [-0.25, -0.2) is 0 Å². The molecule has 74 valence electrons. The van der Waals surface area contributed by atoms with Crippen molar-refractivity contribution < 1.29 is 13.8 Å². The number of fused-ring (bicyclic) bond motifs is 1. The van der Waals surface area contributed by atoms with Crippen LogP contribution in [0.5, 0.6) is 11.5 Å². The van der Waals surface area contributed by atoms with Gasteiger partial charge in [-0.05, 0) is 18.2 Å². The molecule has 0 unspecified atom stereocenters. The molecule has 1 aromatic carbocycles. The fourth-order valence-corrected chi connectivity index (χ4v) is 1.60. The molecule has 4 heteroatoms. The maximum Gasteiger partial charge on any atom is 0.245 e. The van der Waals surface area contributed by atoms with Crippen molar-refractivity contribution in [3.8, 4) is 11.5 Å². The van der Waals surface area contributed by atoms with Crippen LogP contribution in [-0.4, -0.2) is 33.2 Å². The van der Waals surface area contributed by atoms with Gasteiger partial charge in [0.05, 0.1) is 19.4 Å². The average molecular weight is 191 g/mol. The molecular weight excluding hydrogens is 177 g/mol. The van der Waals surface area contributed by atoms with E-state index in [0.29, 0.717) is 0 Å². The molecule has 0 saturated carbocycles. The highest BCUT2D eigenvalue weighted by atomic mass is 16.5. The van der Waals surface area contributed by atoms with Crippen molar-refractivity contribution in [2.24, 2.45) is 0 Å². The summed E-state index contributed by atoms with van der Waals surface area (Å²) in [5.41, 5.74) is 1.19. The third-order valence-corrected chi connectivity index (χ3v) is 2.31. The van der Waals surface area contributed by atoms with Crippen LogP contribution in [0.3, 0.4) is 0 Å². The molecular formula is C10H14BNO2. The van der Waals surface area contributed by atoms with Crippen molar-refractivity contribution in [3.63, 3.8) is 0 Å². The summed E-state index contributed by atoms with van der Waals surface area (Å²) in [5.74, 6) is 1.82. The molecule has 0 fully saturated rings. The molecule has 0 aromatic heterocycles. The van der Waals surface area contributed by atoms with Gasteiger partial charge in [0.1, 0.15) is 5.75 Å². The van der Waals surface area contributed by atoms with E-state index in [2.05, 4.69) is 14.1 Å². The Morgan fingerprint density at radius 1 is 1.43 bits per heavy atom. The van der Waals surface area contributed by atoms with Gasteiger partial charge in [-0.15, -0.1) is 0 Å². The van der Waals surface area contributed by atoms with Gasteiger partial charge in [0.2, 0.25) is 7.62 Å². The minimum Gasteiger partial charge on any atom is -0.705 e. The number of hydrogen-bond donors (Lipinski definition) is 0. The van der Waals surface area contributed by atoms with Gasteiger partial charge in [-0.3, -0.25) is 0 Å². The van der Waals surface area contributed by atoms with Gasteiger partial charge in [-0.1, -0.05) is 0 Å². The average Bonchev–Trinajstić information content (AvgIpc) is 2.15. The summed E-state index contributed by atoms with van der Waals surface area (Å²) in [7, 11) is 7.72. The van der Waals surface area contributed by atoms with E-state index in [9.17, 15) is 0 Å². The maximum atomic E-state index is 5.53. The number of hydrogen-bond acceptors (Lipinski definition) is 2. The Morgan fingerprint density at radius 2 is 2.21 bits per heavy atom. The van der Waals surface area contributed by atoms with Crippen molar-refractivity contribution >= 4 is 7.62 Å². The lowest BCUT2D eigenvalue weighted by molar-refractivity contribution is -0.801. The molecule has 0 aliphatic carbocycles. The van der Waals surface area contributed by atoms with Crippen LogP contribution in [0, 0.1) is 0 Å². The molecule has 1 aliphatic heterocycles. The van der Waals surface area contributed by atoms with Gasteiger partial charge in [0.25, 0.3) is 0 Å². The van der Waals surface area contributed by atoms with Gasteiger partial charge in [0, 0.05) is 19.7 Å². The van der Waals surface area contributed by atoms with Crippen LogP contribution in [-0.2, 0) is 6.54 Å². The zero-order chi connectivity index (χ0) is 10.2. The smallest absolute Gasteiger partial charge is 0.245 e. The lowest BCUT2D eigenvalue weighted by Gasteiger charge is -2.46. The van der Waals surface area contributed by atoms with E-state index < -0.39 is 0 Å². The van der Waals surface area contributed by atoms with E-state index in [1.54, 1.807) is 7.11 Å². The van der Waals surface area contributed by atoms with Crippen LogP contribution in [0.25, 0.3) is 0 Å². The normalized spacial score (nSPS) is 18.2. The predicted octanol–water partition coefficient (Wildman–Crippen LogP) is 1.20. The standard InChI is InChI=1S/C10H14BNO2/c1-12(2)7-8-6-9(13-3)4-5-10(8)14-11-12/h4-6H,7H2,1-3H3. The summed E-state index contributed by atoms with van der Waals surface area (Å²) in [6.07, 6.45) is 0. The van der Waals surface area contributed by atoms with Crippen LogP contribution < -0.4 is 9.39 Å². The first-order chi connectivity index (χ1) is 6.61. The van der Waals surface area contributed by atoms with E-state index in [0.717, 1.165) is 22.4 Å². The largest absolute Gasteiger partial charge is 0.705 e. The van der Waals surface area contributed by atoms with E-state index in [-0.39, 0.29) is 0 Å². The van der Waals surface area contributed by atoms with Gasteiger partial charge < -0.3 is 13.8 Å². The zero-order valence-corrected chi connectivity index (χ0v) is 8.78. The Bertz CT molecular complexity index is 352. The summed E-state index contributed by atoms with van der Waals surface area (Å²) in [4.78, 5) is 0. The summed E-state index contributed by atoms with van der Waals surface area (Å²) >= 11 is 0. The molecule has 3 nitrogen and oxygen atoms in total. The molecule has 2 rings (SSSR count). The quantitative estimate of drug-likeness (QED) is 0.621. The van der Waals surface area contributed by atoms with Crippen LogP contribution >= 0.6 is 0 Å². The Hall–Kier alpha value is -1.16. The molecule has 0 spiro atoms. The number of nitrogens with zero attached hydrogens (tertiary/aromatic N) is 1. The fourth-order valence-electron chi connectivity index (χ4n) is 1.60. The molecule has 1 heterocycles. The highest BCUT2D eigenvalue weighted by Gasteiger charge is 2.17. The second-order valence-corrected chi connectivity index (χ2v) is 4.13. The van der Waals surface area contributed by atoms with Crippen LogP contribution in [0.4, 0.5) is 0 Å². The first kappa shape index (κ1) is 9.40. The molecule has 0 atom stereocenters. The van der Waals surface area contributed by atoms with E-state index in [4.69, 9.17) is 9.39 Å². The lowest BCUT2D eigenvalue weighted by Crippen LogP contribution is -2.47. The summed E-state index contributed by atoms with van der Waals surface area (Å²) < 4.78 is 11.4. The van der Waals surface area contributed by atoms with E-state index in [1.165, 1.54) is 5.56 Å². The van der Waals surface area contributed by atoms with Crippen LogP contribution in [0.1, 0.15) is 5.56 Å². The number of quaternary nitrogens is 1. The minimum atomic E-state index is 0.736. The SMILES string of the molecule is COc1ccc2c(c1)C[N+](C)(C)[B-]O2. The minimum absolute atomic E-state index is 0.736. The summed E-state index contributed by atoms with van der Waals surface area (Å²) in [5, 5.41) is 0. The third kappa shape index (κ3) is 1.70. The summed E-state index contributed by atoms with van der Waals surface area (Å²) in [6, 6.07) is 5.89. The maximum absolute atomic E-state index is 5.53. The van der Waals surface area contributed by atoms with Crippen molar-refractivity contribution in [1.29, 1.82) is 0 Å². The van der Waals surface area contributed by atoms with Gasteiger partial charge >= 0.3 is 0 Å². The lowest BCUT2D eigenvalue weighted by atomic mass is 10.0. The topological polar surface area (TPSA) is 18.5 Å². The highest BCUT2D eigenvalue weighted by molar-refractivity contribution is 6.19. The fraction of sp³-hybridized carbons (Fsp3) is 0.400. The zero-order valence-electron chi connectivity index (χ0n) is 8.78. The van der Waals surface area contributed by atoms with Crippen molar-refractivity contribution in [2.75, 3.05) is 21.2 Å². The van der Waals surface area contributed by atoms with E-state index >= 15 is 0 Å². The molecule has 1 aliphatic rings. The molecule has 0 bridgehead atoms.